The van der Waals surface area contributed by atoms with Gasteiger partial charge in [0.1, 0.15) is 5.54 Å². The fourth-order valence-electron chi connectivity index (χ4n) is 4.08. The Balaban J connectivity index is 1.94. The van der Waals surface area contributed by atoms with Gasteiger partial charge in [0.15, 0.2) is 0 Å². The fourth-order valence-corrected chi connectivity index (χ4v) is 4.08. The third-order valence-corrected chi connectivity index (χ3v) is 5.28. The maximum absolute atomic E-state index is 9.47. The number of nitrogens with one attached hydrogen (secondary N) is 1. The predicted molar refractivity (Wildman–Crippen MR) is 78.8 cm³/mol. The highest BCUT2D eigenvalue weighted by atomic mass is 15.2. The van der Waals surface area contributed by atoms with Crippen LogP contribution in [0.2, 0.25) is 0 Å². The monoisotopic (exact) mass is 263 g/mol. The van der Waals surface area contributed by atoms with Gasteiger partial charge in [0.05, 0.1) is 6.07 Å². The molecule has 0 radical (unpaired) electrons. The number of nitrogens with zero attached hydrogens (tertiary/aromatic N) is 2. The molecule has 0 spiro atoms. The molecule has 0 aliphatic heterocycles. The highest BCUT2D eigenvalue weighted by Gasteiger charge is 2.41. The van der Waals surface area contributed by atoms with Crippen molar-refractivity contribution < 1.29 is 0 Å². The summed E-state index contributed by atoms with van der Waals surface area (Å²) in [4.78, 5) is 2.59. The molecule has 2 aliphatic rings. The molecule has 2 saturated carbocycles. The Hall–Kier alpha value is -0.590. The summed E-state index contributed by atoms with van der Waals surface area (Å²) in [5.41, 5.74) is -0.256. The Labute approximate surface area is 118 Å². The second-order valence-corrected chi connectivity index (χ2v) is 6.71. The number of nitriles is 1. The van der Waals surface area contributed by atoms with Crippen LogP contribution in [-0.2, 0) is 0 Å². The van der Waals surface area contributed by atoms with Gasteiger partial charge in [-0.3, -0.25) is 5.32 Å². The van der Waals surface area contributed by atoms with Crippen LogP contribution in [0, 0.1) is 17.2 Å². The molecule has 0 amide bonds. The molecule has 19 heavy (non-hydrogen) atoms. The summed E-state index contributed by atoms with van der Waals surface area (Å²) in [7, 11) is 2.28. The largest absolute Gasteiger partial charge is 0.300 e. The fraction of sp³-hybridized carbons (Fsp3) is 0.938. The quantitative estimate of drug-likeness (QED) is 0.847. The minimum atomic E-state index is -0.256. The van der Waals surface area contributed by atoms with Crippen LogP contribution in [0.15, 0.2) is 0 Å². The first kappa shape index (κ1) is 14.8. The van der Waals surface area contributed by atoms with Crippen LogP contribution in [0.5, 0.6) is 0 Å². The van der Waals surface area contributed by atoms with Crippen molar-refractivity contribution in [1.29, 1.82) is 5.26 Å². The summed E-state index contributed by atoms with van der Waals surface area (Å²) >= 11 is 0. The van der Waals surface area contributed by atoms with E-state index in [0.717, 1.165) is 31.3 Å². The number of rotatable bonds is 4. The van der Waals surface area contributed by atoms with Crippen LogP contribution in [0.1, 0.15) is 58.8 Å². The van der Waals surface area contributed by atoms with E-state index in [1.165, 1.54) is 32.1 Å². The summed E-state index contributed by atoms with van der Waals surface area (Å²) in [5.74, 6) is 0.872. The smallest absolute Gasteiger partial charge is 0.108 e. The van der Waals surface area contributed by atoms with Crippen LogP contribution in [0.4, 0.5) is 0 Å². The van der Waals surface area contributed by atoms with Gasteiger partial charge >= 0.3 is 0 Å². The van der Waals surface area contributed by atoms with Crippen molar-refractivity contribution in [3.63, 3.8) is 0 Å². The summed E-state index contributed by atoms with van der Waals surface area (Å²) in [6.45, 7) is 5.37. The Bertz CT molecular complexity index is 335. The van der Waals surface area contributed by atoms with Crippen molar-refractivity contribution in [2.24, 2.45) is 5.92 Å². The zero-order valence-corrected chi connectivity index (χ0v) is 12.8. The van der Waals surface area contributed by atoms with Gasteiger partial charge in [-0.1, -0.05) is 26.7 Å². The third kappa shape index (κ3) is 3.30. The average Bonchev–Trinajstić information content (AvgIpc) is 2.83. The maximum atomic E-state index is 9.47. The van der Waals surface area contributed by atoms with Gasteiger partial charge in [0.2, 0.25) is 0 Å². The second kappa shape index (κ2) is 6.24. The molecular formula is C16H29N3. The molecule has 0 aromatic carbocycles. The van der Waals surface area contributed by atoms with Crippen LogP contribution in [-0.4, -0.2) is 36.1 Å². The van der Waals surface area contributed by atoms with E-state index in [-0.39, 0.29) is 5.54 Å². The van der Waals surface area contributed by atoms with Crippen LogP contribution in [0.25, 0.3) is 0 Å². The molecule has 0 aromatic heterocycles. The molecule has 4 atom stereocenters. The minimum absolute atomic E-state index is 0.256. The van der Waals surface area contributed by atoms with Crippen LogP contribution in [0.3, 0.4) is 0 Å². The molecule has 108 valence electrons. The summed E-state index contributed by atoms with van der Waals surface area (Å²) < 4.78 is 0. The molecule has 3 heteroatoms. The van der Waals surface area contributed by atoms with Crippen LogP contribution >= 0.6 is 0 Å². The lowest BCUT2D eigenvalue weighted by Gasteiger charge is -2.38. The normalized spacial score (nSPS) is 39.4. The molecule has 2 aliphatic carbocycles. The SMILES string of the molecule is CCNC1(C#N)CCC(N(C)C2CCCC(C)C2)C1. The Morgan fingerprint density at radius 2 is 2.11 bits per heavy atom. The van der Waals surface area contributed by atoms with Crippen molar-refractivity contribution in [1.82, 2.24) is 10.2 Å². The first-order valence-electron chi connectivity index (χ1n) is 7.98. The maximum Gasteiger partial charge on any atom is 0.108 e. The van der Waals surface area contributed by atoms with Crippen molar-refractivity contribution >= 4 is 0 Å². The Morgan fingerprint density at radius 1 is 1.32 bits per heavy atom. The van der Waals surface area contributed by atoms with E-state index in [1.807, 2.05) is 0 Å². The van der Waals surface area contributed by atoms with E-state index in [0.29, 0.717) is 6.04 Å². The minimum Gasteiger partial charge on any atom is -0.300 e. The molecule has 0 heterocycles. The highest BCUT2D eigenvalue weighted by molar-refractivity contribution is 5.13. The van der Waals surface area contributed by atoms with E-state index in [9.17, 15) is 5.26 Å². The van der Waals surface area contributed by atoms with Gasteiger partial charge in [0, 0.05) is 12.1 Å². The zero-order valence-electron chi connectivity index (χ0n) is 12.8. The Morgan fingerprint density at radius 3 is 2.74 bits per heavy atom. The molecule has 2 fully saturated rings. The summed E-state index contributed by atoms with van der Waals surface area (Å²) in [5, 5.41) is 12.9. The lowest BCUT2D eigenvalue weighted by atomic mass is 9.85. The van der Waals surface area contributed by atoms with Crippen molar-refractivity contribution in [3.05, 3.63) is 0 Å². The average molecular weight is 263 g/mol. The summed E-state index contributed by atoms with van der Waals surface area (Å²) in [6.07, 6.45) is 8.63. The lowest BCUT2D eigenvalue weighted by Crippen LogP contribution is -2.46. The highest BCUT2D eigenvalue weighted by Crippen LogP contribution is 2.36. The zero-order chi connectivity index (χ0) is 13.9. The predicted octanol–water partition coefficient (Wildman–Crippen LogP) is 2.92. The lowest BCUT2D eigenvalue weighted by molar-refractivity contribution is 0.117. The van der Waals surface area contributed by atoms with E-state index >= 15 is 0 Å². The van der Waals surface area contributed by atoms with E-state index in [1.54, 1.807) is 0 Å². The first-order chi connectivity index (χ1) is 9.10. The molecule has 3 nitrogen and oxygen atoms in total. The van der Waals surface area contributed by atoms with Crippen molar-refractivity contribution in [3.8, 4) is 6.07 Å². The van der Waals surface area contributed by atoms with E-state index < -0.39 is 0 Å². The van der Waals surface area contributed by atoms with E-state index in [2.05, 4.69) is 37.2 Å². The van der Waals surface area contributed by atoms with Gasteiger partial charge in [-0.2, -0.15) is 5.26 Å². The third-order valence-electron chi connectivity index (χ3n) is 5.28. The Kier molecular flexibility index (Phi) is 4.86. The second-order valence-electron chi connectivity index (χ2n) is 6.71. The van der Waals surface area contributed by atoms with E-state index in [4.69, 9.17) is 0 Å². The molecule has 1 N–H and O–H groups in total. The molecule has 0 saturated heterocycles. The number of hydrogen-bond donors (Lipinski definition) is 1. The first-order valence-corrected chi connectivity index (χ1v) is 7.98. The summed E-state index contributed by atoms with van der Waals surface area (Å²) in [6, 6.07) is 3.87. The van der Waals surface area contributed by atoms with Crippen molar-refractivity contribution in [2.75, 3.05) is 13.6 Å². The van der Waals surface area contributed by atoms with Gasteiger partial charge in [0.25, 0.3) is 0 Å². The number of hydrogen-bond acceptors (Lipinski definition) is 3. The molecule has 0 bridgehead atoms. The molecule has 0 aromatic rings. The van der Waals surface area contributed by atoms with Gasteiger partial charge in [-0.15, -0.1) is 0 Å². The van der Waals surface area contributed by atoms with Crippen LogP contribution < -0.4 is 5.32 Å². The standard InChI is InChI=1S/C16H29N3/c1-4-18-16(12-17)9-8-15(11-16)19(3)14-7-5-6-13(2)10-14/h13-15,18H,4-11H2,1-3H3. The molecule has 2 rings (SSSR count). The topological polar surface area (TPSA) is 39.1 Å². The molecular weight excluding hydrogens is 234 g/mol. The van der Waals surface area contributed by atoms with Gasteiger partial charge < -0.3 is 4.90 Å². The van der Waals surface area contributed by atoms with Gasteiger partial charge in [-0.05, 0) is 51.6 Å². The van der Waals surface area contributed by atoms with Gasteiger partial charge in [-0.25, -0.2) is 0 Å². The molecule has 4 unspecified atom stereocenters. The van der Waals surface area contributed by atoms with Crippen molar-refractivity contribution in [2.45, 2.75) is 76.4 Å².